The van der Waals surface area contributed by atoms with Gasteiger partial charge in [-0.3, -0.25) is 4.79 Å². The first-order valence-corrected chi connectivity index (χ1v) is 5.42. The van der Waals surface area contributed by atoms with E-state index in [0.29, 0.717) is 0 Å². The number of aryl methyl sites for hydroxylation is 1. The fraction of sp³-hybridized carbons (Fsp3) is 0.500. The van der Waals surface area contributed by atoms with Crippen LogP contribution in [-0.2, 0) is 14.8 Å². The molecular weight excluding hydrogens is 226 g/mol. The van der Waals surface area contributed by atoms with Crippen LogP contribution in [0, 0.1) is 6.92 Å². The van der Waals surface area contributed by atoms with Gasteiger partial charge in [-0.15, -0.1) is 5.10 Å². The molecule has 0 fully saturated rings. The van der Waals surface area contributed by atoms with Crippen molar-refractivity contribution in [2.75, 3.05) is 4.72 Å². The van der Waals surface area contributed by atoms with Gasteiger partial charge in [0.05, 0.1) is 0 Å². The van der Waals surface area contributed by atoms with E-state index in [1.807, 2.05) is 4.72 Å². The molecule has 1 heterocycles. The number of carboxylic acid groups (broad SMARTS) is 1. The van der Waals surface area contributed by atoms with Crippen molar-refractivity contribution >= 4 is 22.0 Å². The van der Waals surface area contributed by atoms with Gasteiger partial charge in [-0.25, -0.2) is 13.1 Å². The Kier molecular flexibility index (Phi) is 2.93. The highest BCUT2D eigenvalue weighted by atomic mass is 32.2. The van der Waals surface area contributed by atoms with E-state index in [4.69, 9.17) is 9.52 Å². The largest absolute Gasteiger partial charge is 0.480 e. The lowest BCUT2D eigenvalue weighted by Crippen LogP contribution is -2.32. The number of carbonyl (C=O) groups is 1. The van der Waals surface area contributed by atoms with Gasteiger partial charge in [0.2, 0.25) is 15.9 Å². The molecule has 1 unspecified atom stereocenters. The smallest absolute Gasteiger partial charge is 0.329 e. The van der Waals surface area contributed by atoms with E-state index in [9.17, 15) is 13.2 Å². The number of carboxylic acids is 1. The van der Waals surface area contributed by atoms with Crippen molar-refractivity contribution in [3.8, 4) is 0 Å². The third kappa shape index (κ3) is 2.65. The summed E-state index contributed by atoms with van der Waals surface area (Å²) < 4.78 is 29.3. The normalized spacial score (nSPS) is 13.5. The van der Waals surface area contributed by atoms with E-state index in [2.05, 4.69) is 10.2 Å². The molecule has 0 aromatic carbocycles. The average molecular weight is 235 g/mol. The predicted molar refractivity (Wildman–Crippen MR) is 48.7 cm³/mol. The summed E-state index contributed by atoms with van der Waals surface area (Å²) in [5, 5.41) is 13.7. The Morgan fingerprint density at radius 1 is 1.53 bits per heavy atom. The Labute approximate surface area is 85.4 Å². The number of sulfonamides is 1. The van der Waals surface area contributed by atoms with Gasteiger partial charge in [-0.2, -0.15) is 0 Å². The monoisotopic (exact) mass is 235 g/mol. The Bertz CT molecular complexity index is 465. The molecule has 0 saturated heterocycles. The van der Waals surface area contributed by atoms with E-state index in [1.165, 1.54) is 6.92 Å². The Hall–Kier alpha value is -1.64. The van der Waals surface area contributed by atoms with Crippen molar-refractivity contribution in [1.82, 2.24) is 10.2 Å². The zero-order valence-electron chi connectivity index (χ0n) is 7.96. The van der Waals surface area contributed by atoms with Crippen molar-refractivity contribution in [3.05, 3.63) is 5.89 Å². The maximum Gasteiger partial charge on any atom is 0.329 e. The third-order valence-corrected chi connectivity index (χ3v) is 3.16. The molecule has 9 heteroatoms. The number of anilines is 1. The number of hydrogen-bond donors (Lipinski definition) is 2. The maximum absolute atomic E-state index is 11.3. The summed E-state index contributed by atoms with van der Waals surface area (Å²) in [7, 11) is -4.05. The number of rotatable bonds is 4. The minimum Gasteiger partial charge on any atom is -0.480 e. The van der Waals surface area contributed by atoms with Gasteiger partial charge in [0, 0.05) is 6.92 Å². The van der Waals surface area contributed by atoms with E-state index in [1.54, 1.807) is 0 Å². The van der Waals surface area contributed by atoms with Gasteiger partial charge in [0.25, 0.3) is 0 Å². The molecule has 8 nitrogen and oxygen atoms in total. The van der Waals surface area contributed by atoms with E-state index >= 15 is 0 Å². The van der Waals surface area contributed by atoms with Crippen molar-refractivity contribution in [3.63, 3.8) is 0 Å². The second-order valence-corrected chi connectivity index (χ2v) is 4.76. The van der Waals surface area contributed by atoms with Crippen molar-refractivity contribution in [2.24, 2.45) is 0 Å². The molecule has 2 N–H and O–H groups in total. The first-order chi connectivity index (χ1) is 6.83. The number of nitrogens with one attached hydrogen (secondary N) is 1. The van der Waals surface area contributed by atoms with Crippen LogP contribution in [0.2, 0.25) is 0 Å². The third-order valence-electron chi connectivity index (χ3n) is 1.57. The molecule has 0 amide bonds. The first kappa shape index (κ1) is 11.4. The minimum absolute atomic E-state index is 0.177. The number of aliphatic carboxylic acids is 1. The zero-order chi connectivity index (χ0) is 11.6. The highest BCUT2D eigenvalue weighted by Crippen LogP contribution is 2.09. The summed E-state index contributed by atoms with van der Waals surface area (Å²) >= 11 is 0. The van der Waals surface area contributed by atoms with E-state index in [-0.39, 0.29) is 11.9 Å². The SMILES string of the molecule is Cc1nnc(NS(=O)(=O)C(C)C(=O)O)o1. The zero-order valence-corrected chi connectivity index (χ0v) is 8.78. The quantitative estimate of drug-likeness (QED) is 0.727. The molecular formula is C6H9N3O5S. The molecule has 0 bridgehead atoms. The molecule has 0 saturated carbocycles. The lowest BCUT2D eigenvalue weighted by atomic mass is 10.5. The topological polar surface area (TPSA) is 122 Å². The van der Waals surface area contributed by atoms with Gasteiger partial charge in [-0.05, 0) is 6.92 Å². The summed E-state index contributed by atoms with van der Waals surface area (Å²) in [5.41, 5.74) is 0. The van der Waals surface area contributed by atoms with Crippen LogP contribution in [0.3, 0.4) is 0 Å². The molecule has 0 aliphatic heterocycles. The number of aromatic nitrogens is 2. The summed E-state index contributed by atoms with van der Waals surface area (Å²) in [6.07, 6.45) is 0. The number of nitrogens with zero attached hydrogens (tertiary/aromatic N) is 2. The molecule has 15 heavy (non-hydrogen) atoms. The number of hydrogen-bond acceptors (Lipinski definition) is 6. The fourth-order valence-electron chi connectivity index (χ4n) is 0.681. The standard InChI is InChI=1S/C6H9N3O5S/c1-3(5(10)11)15(12,13)9-6-8-7-4(2)14-6/h3H,1-2H3,(H,8,9)(H,10,11). The molecule has 1 aromatic rings. The molecule has 0 aliphatic rings. The van der Waals surface area contributed by atoms with E-state index < -0.39 is 21.2 Å². The molecule has 0 radical (unpaired) electrons. The van der Waals surface area contributed by atoms with Gasteiger partial charge in [0.1, 0.15) is 0 Å². The molecule has 1 atom stereocenters. The molecule has 84 valence electrons. The first-order valence-electron chi connectivity index (χ1n) is 3.87. The van der Waals surface area contributed by atoms with Gasteiger partial charge >= 0.3 is 12.0 Å². The predicted octanol–water partition coefficient (Wildman–Crippen LogP) is -0.407. The Morgan fingerprint density at radius 3 is 2.53 bits per heavy atom. The summed E-state index contributed by atoms with van der Waals surface area (Å²) in [4.78, 5) is 10.5. The summed E-state index contributed by atoms with van der Waals surface area (Å²) in [6, 6.07) is -0.347. The second-order valence-electron chi connectivity index (χ2n) is 2.75. The van der Waals surface area contributed by atoms with Crippen LogP contribution in [0.1, 0.15) is 12.8 Å². The van der Waals surface area contributed by atoms with Crippen LogP contribution in [0.25, 0.3) is 0 Å². The second kappa shape index (κ2) is 3.85. The molecule has 0 spiro atoms. The lowest BCUT2D eigenvalue weighted by molar-refractivity contribution is -0.136. The summed E-state index contributed by atoms with van der Waals surface area (Å²) in [6.45, 7) is 2.51. The van der Waals surface area contributed by atoms with Crippen LogP contribution in [0.5, 0.6) is 0 Å². The molecule has 1 rings (SSSR count). The summed E-state index contributed by atoms with van der Waals surface area (Å²) in [5.74, 6) is -1.28. The van der Waals surface area contributed by atoms with Gasteiger partial charge in [0.15, 0.2) is 5.25 Å². The van der Waals surface area contributed by atoms with Crippen LogP contribution >= 0.6 is 0 Å². The van der Waals surface area contributed by atoms with Crippen molar-refractivity contribution in [1.29, 1.82) is 0 Å². The van der Waals surface area contributed by atoms with Crippen LogP contribution in [0.15, 0.2) is 4.42 Å². The van der Waals surface area contributed by atoms with Crippen molar-refractivity contribution in [2.45, 2.75) is 19.1 Å². The van der Waals surface area contributed by atoms with Crippen LogP contribution in [-0.4, -0.2) is 34.9 Å². The molecule has 1 aromatic heterocycles. The van der Waals surface area contributed by atoms with E-state index in [0.717, 1.165) is 6.92 Å². The minimum atomic E-state index is -4.05. The lowest BCUT2D eigenvalue weighted by Gasteiger charge is -2.06. The molecule has 0 aliphatic carbocycles. The highest BCUT2D eigenvalue weighted by molar-refractivity contribution is 7.94. The van der Waals surface area contributed by atoms with Crippen molar-refractivity contribution < 1.29 is 22.7 Å². The highest BCUT2D eigenvalue weighted by Gasteiger charge is 2.29. The maximum atomic E-state index is 11.3. The van der Waals surface area contributed by atoms with Crippen LogP contribution in [0.4, 0.5) is 6.01 Å². The Balaban J connectivity index is 2.86. The Morgan fingerprint density at radius 2 is 2.13 bits per heavy atom. The fourth-order valence-corrected chi connectivity index (χ4v) is 1.45. The average Bonchev–Trinajstić information content (AvgIpc) is 2.48. The van der Waals surface area contributed by atoms with Gasteiger partial charge < -0.3 is 9.52 Å². The van der Waals surface area contributed by atoms with Crippen LogP contribution < -0.4 is 4.72 Å². The van der Waals surface area contributed by atoms with Gasteiger partial charge in [-0.1, -0.05) is 5.10 Å².